The van der Waals surface area contributed by atoms with E-state index in [0.29, 0.717) is 41.6 Å². The van der Waals surface area contributed by atoms with Gasteiger partial charge in [-0.1, -0.05) is 42.4 Å². The van der Waals surface area contributed by atoms with E-state index in [1.165, 1.54) is 38.2 Å². The quantitative estimate of drug-likeness (QED) is 0.230. The zero-order valence-electron chi connectivity index (χ0n) is 27.0. The van der Waals surface area contributed by atoms with Crippen molar-refractivity contribution in [1.29, 1.82) is 0 Å². The fraction of sp³-hybridized carbons (Fsp3) is 0.528. The summed E-state index contributed by atoms with van der Waals surface area (Å²) in [6.07, 6.45) is 14.7. The molecule has 0 unspecified atom stereocenters. The first-order chi connectivity index (χ1) is 22.9. The first-order valence-electron chi connectivity index (χ1n) is 17.2. The van der Waals surface area contributed by atoms with Gasteiger partial charge in [-0.2, -0.15) is 10.1 Å². The lowest BCUT2D eigenvalue weighted by Gasteiger charge is -2.54. The number of nitrogens with zero attached hydrogens (tertiary/aromatic N) is 6. The molecule has 1 saturated heterocycles. The van der Waals surface area contributed by atoms with Crippen molar-refractivity contribution >= 4 is 40.7 Å². The Morgan fingerprint density at radius 3 is 2.47 bits per heavy atom. The summed E-state index contributed by atoms with van der Waals surface area (Å²) in [7, 11) is 0. The molecule has 0 spiro atoms. The molecule has 2 N–H and O–H groups in total. The molecule has 3 heterocycles. The number of ketones is 1. The topological polar surface area (TPSA) is 108 Å². The number of benzene rings is 1. The molecule has 47 heavy (non-hydrogen) atoms. The van der Waals surface area contributed by atoms with Gasteiger partial charge in [0.15, 0.2) is 11.6 Å². The van der Waals surface area contributed by atoms with Crippen LogP contribution in [0.5, 0.6) is 0 Å². The smallest absolute Gasteiger partial charge is 0.229 e. The van der Waals surface area contributed by atoms with Gasteiger partial charge in [-0.15, -0.1) is 0 Å². The molecular weight excluding hydrogens is 612 g/mol. The highest BCUT2D eigenvalue weighted by Gasteiger charge is 2.48. The normalized spacial score (nSPS) is 25.1. The van der Waals surface area contributed by atoms with Crippen LogP contribution in [0.1, 0.15) is 49.7 Å². The van der Waals surface area contributed by atoms with Crippen molar-refractivity contribution in [3.63, 3.8) is 0 Å². The second kappa shape index (κ2) is 14.2. The van der Waals surface area contributed by atoms with Crippen LogP contribution in [0.3, 0.4) is 0 Å². The maximum absolute atomic E-state index is 13.3. The van der Waals surface area contributed by atoms with Crippen molar-refractivity contribution < 1.29 is 9.59 Å². The standard InChI is InChI=1S/C36H45ClN8O2/c1-2-31(46)18-24-4-3-5-25(12-24)20-38-35-33(37)22-39-36(42-35)41-30-21-40-45(23-30)11-8-43-6-9-44(10-7-43)34(47)19-32-28-14-26-13-27(16-28)17-29(32)15-26/h2-5,12,21-23,26-29,32H,1,6-11,13-20H2,(H2,38,39,41,42). The average molecular weight is 657 g/mol. The molecule has 8 rings (SSSR count). The van der Waals surface area contributed by atoms with Gasteiger partial charge in [-0.05, 0) is 78.9 Å². The molecule has 1 aliphatic heterocycles. The zero-order chi connectivity index (χ0) is 32.3. The molecule has 0 radical (unpaired) electrons. The van der Waals surface area contributed by atoms with Gasteiger partial charge in [0.2, 0.25) is 11.9 Å². The number of aromatic nitrogens is 4. The van der Waals surface area contributed by atoms with Gasteiger partial charge in [-0.25, -0.2) is 4.98 Å². The summed E-state index contributed by atoms with van der Waals surface area (Å²) in [5.74, 6) is 5.48. The highest BCUT2D eigenvalue weighted by atomic mass is 35.5. The number of carbonyl (C=O) groups excluding carboxylic acids is 2. The molecule has 5 aliphatic rings. The Kier molecular flexibility index (Phi) is 9.58. The van der Waals surface area contributed by atoms with Crippen LogP contribution in [0.25, 0.3) is 0 Å². The van der Waals surface area contributed by atoms with Gasteiger partial charge in [0.25, 0.3) is 0 Å². The summed E-state index contributed by atoms with van der Waals surface area (Å²) >= 11 is 6.39. The van der Waals surface area contributed by atoms with E-state index in [-0.39, 0.29) is 5.78 Å². The molecule has 0 atom stereocenters. The van der Waals surface area contributed by atoms with Gasteiger partial charge in [-0.3, -0.25) is 19.2 Å². The predicted octanol–water partition coefficient (Wildman–Crippen LogP) is 5.59. The van der Waals surface area contributed by atoms with Crippen molar-refractivity contribution in [3.05, 3.63) is 71.7 Å². The van der Waals surface area contributed by atoms with Crippen LogP contribution in [0.15, 0.2) is 55.5 Å². The van der Waals surface area contributed by atoms with E-state index in [0.717, 1.165) is 86.2 Å². The minimum absolute atomic E-state index is 0.0130. The Bertz CT molecular complexity index is 1570. The molecule has 10 nitrogen and oxygen atoms in total. The minimum atomic E-state index is -0.0130. The van der Waals surface area contributed by atoms with E-state index < -0.39 is 0 Å². The number of hydrogen-bond acceptors (Lipinski definition) is 8. The van der Waals surface area contributed by atoms with Crippen molar-refractivity contribution in [2.75, 3.05) is 43.4 Å². The van der Waals surface area contributed by atoms with Crippen LogP contribution >= 0.6 is 11.6 Å². The number of nitrogens with one attached hydrogen (secondary N) is 2. The number of anilines is 3. The van der Waals surface area contributed by atoms with Crippen molar-refractivity contribution in [2.45, 2.75) is 58.0 Å². The highest BCUT2D eigenvalue weighted by Crippen LogP contribution is 2.57. The van der Waals surface area contributed by atoms with E-state index in [4.69, 9.17) is 11.6 Å². The maximum atomic E-state index is 13.3. The third kappa shape index (κ3) is 7.70. The third-order valence-corrected chi connectivity index (χ3v) is 11.2. The van der Waals surface area contributed by atoms with Crippen LogP contribution in [0, 0.1) is 29.6 Å². The molecule has 4 aliphatic carbocycles. The Labute approximate surface area is 282 Å². The van der Waals surface area contributed by atoms with Crippen molar-refractivity contribution in [1.82, 2.24) is 29.5 Å². The summed E-state index contributed by atoms with van der Waals surface area (Å²) in [6.45, 7) is 9.14. The number of amides is 1. The van der Waals surface area contributed by atoms with Gasteiger partial charge in [0.1, 0.15) is 5.02 Å². The third-order valence-electron chi connectivity index (χ3n) is 10.9. The summed E-state index contributed by atoms with van der Waals surface area (Å²) in [6, 6.07) is 7.83. The molecule has 1 aromatic carbocycles. The Hall–Kier alpha value is -3.76. The first-order valence-corrected chi connectivity index (χ1v) is 17.6. The molecule has 1 amide bonds. The zero-order valence-corrected chi connectivity index (χ0v) is 27.7. The number of piperazine rings is 1. The lowest BCUT2D eigenvalue weighted by atomic mass is 9.51. The Balaban J connectivity index is 0.852. The molecular formula is C36H45ClN8O2. The molecule has 4 bridgehead atoms. The highest BCUT2D eigenvalue weighted by molar-refractivity contribution is 6.32. The molecule has 3 aromatic rings. The second-order valence-corrected chi connectivity index (χ2v) is 14.5. The van der Waals surface area contributed by atoms with E-state index >= 15 is 0 Å². The number of allylic oxidation sites excluding steroid dienone is 1. The van der Waals surface area contributed by atoms with Crippen molar-refractivity contribution in [3.8, 4) is 0 Å². The Morgan fingerprint density at radius 1 is 0.979 bits per heavy atom. The molecule has 2 aromatic heterocycles. The number of hydrogen-bond donors (Lipinski definition) is 2. The molecule has 4 saturated carbocycles. The molecule has 5 fully saturated rings. The largest absolute Gasteiger partial charge is 0.365 e. The van der Waals surface area contributed by atoms with E-state index in [1.807, 2.05) is 35.1 Å². The van der Waals surface area contributed by atoms with Crippen LogP contribution in [-0.2, 0) is 29.1 Å². The summed E-state index contributed by atoms with van der Waals surface area (Å²) in [4.78, 5) is 38.5. The van der Waals surface area contributed by atoms with E-state index in [9.17, 15) is 9.59 Å². The second-order valence-electron chi connectivity index (χ2n) is 14.0. The molecule has 248 valence electrons. The van der Waals surface area contributed by atoms with Crippen molar-refractivity contribution in [2.24, 2.45) is 29.6 Å². The average Bonchev–Trinajstić information content (AvgIpc) is 3.52. The number of carbonyl (C=O) groups is 2. The van der Waals surface area contributed by atoms with Gasteiger partial charge in [0, 0.05) is 58.3 Å². The summed E-state index contributed by atoms with van der Waals surface area (Å²) < 4.78 is 1.92. The van der Waals surface area contributed by atoms with Crippen LogP contribution in [-0.4, -0.2) is 74.0 Å². The maximum Gasteiger partial charge on any atom is 0.229 e. The fourth-order valence-corrected chi connectivity index (χ4v) is 8.86. The monoisotopic (exact) mass is 656 g/mol. The van der Waals surface area contributed by atoms with Crippen LogP contribution < -0.4 is 10.6 Å². The van der Waals surface area contributed by atoms with Gasteiger partial charge in [0.05, 0.1) is 24.6 Å². The number of halogens is 1. The minimum Gasteiger partial charge on any atom is -0.365 e. The SMILES string of the molecule is C=CC(=O)Cc1cccc(CNc2nc(Nc3cnn(CCN4CCN(C(=O)CC5C6CC7CC(C6)CC5C7)CC4)c3)ncc2Cl)c1. The van der Waals surface area contributed by atoms with E-state index in [2.05, 4.69) is 42.1 Å². The fourth-order valence-electron chi connectivity index (χ4n) is 8.71. The lowest BCUT2D eigenvalue weighted by Crippen LogP contribution is -2.51. The lowest BCUT2D eigenvalue weighted by molar-refractivity contribution is -0.138. The Morgan fingerprint density at radius 2 is 1.72 bits per heavy atom. The summed E-state index contributed by atoms with van der Waals surface area (Å²) in [5.41, 5.74) is 2.73. The van der Waals surface area contributed by atoms with Gasteiger partial charge >= 0.3 is 0 Å². The van der Waals surface area contributed by atoms with Gasteiger partial charge < -0.3 is 15.5 Å². The summed E-state index contributed by atoms with van der Waals surface area (Å²) in [5, 5.41) is 11.4. The number of rotatable bonds is 13. The van der Waals surface area contributed by atoms with Crippen LogP contribution in [0.2, 0.25) is 5.02 Å². The van der Waals surface area contributed by atoms with E-state index in [1.54, 1.807) is 12.4 Å². The molecule has 11 heteroatoms. The first kappa shape index (κ1) is 31.8. The van der Waals surface area contributed by atoms with Crippen LogP contribution in [0.4, 0.5) is 17.5 Å². The predicted molar refractivity (Wildman–Crippen MR) is 183 cm³/mol.